The fourth-order valence-electron chi connectivity index (χ4n) is 3.50. The molecule has 3 heterocycles. The zero-order valence-corrected chi connectivity index (χ0v) is 18.1. The maximum Gasteiger partial charge on any atom is 0.346 e. The van der Waals surface area contributed by atoms with E-state index in [2.05, 4.69) is 4.98 Å². The Morgan fingerprint density at radius 1 is 1.13 bits per heavy atom. The highest BCUT2D eigenvalue weighted by Crippen LogP contribution is 2.63. The van der Waals surface area contributed by atoms with Gasteiger partial charge in [0.25, 0.3) is 0 Å². The van der Waals surface area contributed by atoms with E-state index in [4.69, 9.17) is 9.26 Å². The summed E-state index contributed by atoms with van der Waals surface area (Å²) in [6, 6.07) is 9.93. The van der Waals surface area contributed by atoms with Crippen LogP contribution < -0.4 is 4.74 Å². The van der Waals surface area contributed by atoms with Gasteiger partial charge in [0.2, 0.25) is 5.75 Å². The van der Waals surface area contributed by atoms with Gasteiger partial charge in [-0.2, -0.15) is 0 Å². The number of rotatable bonds is 8. The van der Waals surface area contributed by atoms with Crippen molar-refractivity contribution in [2.75, 3.05) is 26.2 Å². The molecule has 0 saturated carbocycles. The van der Waals surface area contributed by atoms with Crippen molar-refractivity contribution >= 4 is 24.4 Å². The molecule has 2 aromatic carbocycles. The second-order valence-electron chi connectivity index (χ2n) is 7.74. The Hall–Kier alpha value is -2.78. The van der Waals surface area contributed by atoms with Gasteiger partial charge in [-0.15, -0.1) is 0 Å². The van der Waals surface area contributed by atoms with Crippen molar-refractivity contribution in [3.8, 4) is 11.5 Å². The molecule has 0 amide bonds. The van der Waals surface area contributed by atoms with Crippen molar-refractivity contribution in [1.29, 1.82) is 0 Å². The lowest BCUT2D eigenvalue weighted by Crippen LogP contribution is -2.10. The Bertz CT molecular complexity index is 1200. The molecule has 11 heteroatoms. The molecule has 31 heavy (non-hydrogen) atoms. The lowest BCUT2D eigenvalue weighted by Gasteiger charge is -2.24. The van der Waals surface area contributed by atoms with Crippen LogP contribution in [-0.2, 0) is 16.1 Å². The summed E-state index contributed by atoms with van der Waals surface area (Å²) in [6.07, 6.45) is 1.18. The second-order valence-corrected chi connectivity index (χ2v) is 10.1. The molecular formula is C20H22N5O5P. The minimum Gasteiger partial charge on any atom is -0.450 e. The summed E-state index contributed by atoms with van der Waals surface area (Å²) in [7, 11) is -1.13. The monoisotopic (exact) mass is 443 g/mol. The molecule has 0 radical (unpaired) electrons. The zero-order valence-electron chi connectivity index (χ0n) is 17.2. The fourth-order valence-corrected chi connectivity index (χ4v) is 5.84. The topological polar surface area (TPSA) is 103 Å². The van der Waals surface area contributed by atoms with Crippen LogP contribution in [0, 0.1) is 10.1 Å². The van der Waals surface area contributed by atoms with Crippen LogP contribution in [0.25, 0.3) is 11.0 Å². The number of ether oxygens (including phenoxy) is 1. The van der Waals surface area contributed by atoms with Crippen molar-refractivity contribution in [2.45, 2.75) is 13.0 Å². The van der Waals surface area contributed by atoms with Gasteiger partial charge in [-0.05, 0) is 36.8 Å². The molecular weight excluding hydrogens is 421 g/mol. The first-order chi connectivity index (χ1) is 14.8. The minimum absolute atomic E-state index is 0.0986. The number of imidazole rings is 1. The summed E-state index contributed by atoms with van der Waals surface area (Å²) in [4.78, 5) is 15.4. The van der Waals surface area contributed by atoms with E-state index in [1.807, 2.05) is 27.0 Å². The quantitative estimate of drug-likeness (QED) is 0.222. The molecule has 0 spiro atoms. The number of hydrogen-bond donors (Lipinski definition) is 0. The summed E-state index contributed by atoms with van der Waals surface area (Å²) < 4.78 is 30.7. The number of fused-ring (bicyclic) bond motifs is 1. The third kappa shape index (κ3) is 3.83. The van der Waals surface area contributed by atoms with Crippen LogP contribution in [0.4, 0.5) is 5.69 Å². The van der Waals surface area contributed by atoms with E-state index in [0.717, 1.165) is 37.2 Å². The Morgan fingerprint density at radius 3 is 2.48 bits per heavy atom. The fraction of sp³-hybridized carbons (Fsp3) is 0.350. The van der Waals surface area contributed by atoms with Crippen molar-refractivity contribution in [1.82, 2.24) is 18.9 Å². The summed E-state index contributed by atoms with van der Waals surface area (Å²) in [5.41, 5.74) is 2.16. The Labute approximate surface area is 178 Å². The van der Waals surface area contributed by atoms with Gasteiger partial charge in [0.1, 0.15) is 5.75 Å². The van der Waals surface area contributed by atoms with E-state index < -0.39 is 18.7 Å². The Kier molecular flexibility index (Phi) is 4.82. The smallest absolute Gasteiger partial charge is 0.346 e. The number of aromatic nitrogens is 2. The predicted molar refractivity (Wildman–Crippen MR) is 114 cm³/mol. The van der Waals surface area contributed by atoms with Crippen LogP contribution in [0.3, 0.4) is 0 Å². The Balaban J connectivity index is 1.43. The lowest BCUT2D eigenvalue weighted by molar-refractivity contribution is -0.385. The van der Waals surface area contributed by atoms with Crippen LogP contribution >= 0.6 is 7.67 Å². The SMILES string of the molecule is CC(OP(=O)(N1CC1)N1CC1)c1ccc([N+](=O)[O-])c(Oc2ccc3c(c2)ncn3C)c1. The van der Waals surface area contributed by atoms with E-state index in [-0.39, 0.29) is 11.4 Å². The van der Waals surface area contributed by atoms with E-state index in [9.17, 15) is 14.7 Å². The summed E-state index contributed by atoms with van der Waals surface area (Å²) in [5, 5.41) is 11.6. The Morgan fingerprint density at radius 2 is 1.84 bits per heavy atom. The largest absolute Gasteiger partial charge is 0.450 e. The van der Waals surface area contributed by atoms with Crippen molar-refractivity contribution in [3.05, 3.63) is 58.4 Å². The van der Waals surface area contributed by atoms with Crippen molar-refractivity contribution in [2.24, 2.45) is 7.05 Å². The lowest BCUT2D eigenvalue weighted by atomic mass is 10.1. The summed E-state index contributed by atoms with van der Waals surface area (Å²) in [6.45, 7) is 4.82. The number of aryl methyl sites for hydroxylation is 1. The summed E-state index contributed by atoms with van der Waals surface area (Å²) >= 11 is 0. The number of benzene rings is 2. The molecule has 2 fully saturated rings. The molecule has 2 aliphatic heterocycles. The van der Waals surface area contributed by atoms with E-state index in [1.165, 1.54) is 6.07 Å². The molecule has 5 rings (SSSR count). The molecule has 0 N–H and O–H groups in total. The number of nitrogens with zero attached hydrogens (tertiary/aromatic N) is 5. The first-order valence-corrected chi connectivity index (χ1v) is 11.5. The first-order valence-electron chi connectivity index (χ1n) is 10.0. The number of hydrogen-bond acceptors (Lipinski definition) is 6. The average molecular weight is 443 g/mol. The number of nitro groups is 1. The maximum atomic E-state index is 13.3. The molecule has 1 atom stereocenters. The normalized spacial score (nSPS) is 17.6. The van der Waals surface area contributed by atoms with Crippen LogP contribution in [0.2, 0.25) is 0 Å². The van der Waals surface area contributed by atoms with Crippen molar-refractivity contribution in [3.63, 3.8) is 0 Å². The predicted octanol–water partition coefficient (Wildman–Crippen LogP) is 4.09. The van der Waals surface area contributed by atoms with Gasteiger partial charge in [-0.25, -0.2) is 14.3 Å². The third-order valence-electron chi connectivity index (χ3n) is 5.43. The molecule has 0 aliphatic carbocycles. The maximum absolute atomic E-state index is 13.3. The molecule has 0 bridgehead atoms. The summed E-state index contributed by atoms with van der Waals surface area (Å²) in [5.74, 6) is 0.542. The molecule has 2 saturated heterocycles. The van der Waals surface area contributed by atoms with Gasteiger partial charge in [-0.1, -0.05) is 0 Å². The van der Waals surface area contributed by atoms with Crippen LogP contribution in [0.1, 0.15) is 18.6 Å². The molecule has 10 nitrogen and oxygen atoms in total. The van der Waals surface area contributed by atoms with Gasteiger partial charge in [0.05, 0.1) is 28.4 Å². The van der Waals surface area contributed by atoms with Gasteiger partial charge in [-0.3, -0.25) is 19.2 Å². The van der Waals surface area contributed by atoms with Crippen molar-refractivity contribution < 1.29 is 18.7 Å². The second kappa shape index (κ2) is 7.42. The van der Waals surface area contributed by atoms with Gasteiger partial charge < -0.3 is 9.30 Å². The van der Waals surface area contributed by atoms with Gasteiger partial charge in [0, 0.05) is 45.4 Å². The highest BCUT2D eigenvalue weighted by Gasteiger charge is 2.50. The first kappa shape index (κ1) is 20.1. The molecule has 1 unspecified atom stereocenters. The molecule has 162 valence electrons. The molecule has 3 aromatic rings. The zero-order chi connectivity index (χ0) is 21.8. The van der Waals surface area contributed by atoms with Crippen LogP contribution in [0.15, 0.2) is 42.7 Å². The van der Waals surface area contributed by atoms with Gasteiger partial charge >= 0.3 is 13.4 Å². The van der Waals surface area contributed by atoms with E-state index in [1.54, 1.807) is 37.5 Å². The van der Waals surface area contributed by atoms with Crippen LogP contribution in [-0.4, -0.2) is 50.0 Å². The molecule has 2 aliphatic rings. The van der Waals surface area contributed by atoms with E-state index >= 15 is 0 Å². The van der Waals surface area contributed by atoms with Crippen LogP contribution in [0.5, 0.6) is 11.5 Å². The van der Waals surface area contributed by atoms with E-state index in [0.29, 0.717) is 11.3 Å². The third-order valence-corrected chi connectivity index (χ3v) is 8.25. The average Bonchev–Trinajstić information content (AvgIpc) is 3.65. The van der Waals surface area contributed by atoms with Gasteiger partial charge in [0.15, 0.2) is 0 Å². The highest BCUT2D eigenvalue weighted by molar-refractivity contribution is 7.54. The molecule has 1 aromatic heterocycles. The standard InChI is InChI=1S/C20H22N5O5P/c1-14(30-31(28,23-7-8-23)24-9-10-24)15-3-5-19(25(26)27)20(11-15)29-16-4-6-18-17(12-16)21-13-22(18)2/h3-6,11-14H,7-10H2,1-2H3. The minimum atomic E-state index is -3.02. The number of nitro benzene ring substituents is 1. The highest BCUT2D eigenvalue weighted by atomic mass is 31.2.